The summed E-state index contributed by atoms with van der Waals surface area (Å²) in [7, 11) is 0. The zero-order valence-corrected chi connectivity index (χ0v) is 14.8. The molecule has 0 atom stereocenters. The van der Waals surface area contributed by atoms with Gasteiger partial charge in [-0.3, -0.25) is 0 Å². The van der Waals surface area contributed by atoms with Crippen LogP contribution in [-0.4, -0.2) is 31.7 Å². The van der Waals surface area contributed by atoms with E-state index in [1.807, 2.05) is 13.0 Å². The van der Waals surface area contributed by atoms with Crippen LogP contribution in [0.2, 0.25) is 5.02 Å². The molecule has 0 unspecified atom stereocenters. The lowest BCUT2D eigenvalue weighted by Gasteiger charge is -2.09. The van der Waals surface area contributed by atoms with Crippen molar-refractivity contribution in [1.82, 2.24) is 20.3 Å². The summed E-state index contributed by atoms with van der Waals surface area (Å²) in [6.45, 7) is 2.68. The molecule has 128 valence electrons. The van der Waals surface area contributed by atoms with Gasteiger partial charge in [-0.2, -0.15) is 0 Å². The van der Waals surface area contributed by atoms with Crippen molar-refractivity contribution in [3.63, 3.8) is 0 Å². The summed E-state index contributed by atoms with van der Waals surface area (Å²) in [4.78, 5) is 13.2. The lowest BCUT2D eigenvalue weighted by Crippen LogP contribution is -2.28. The van der Waals surface area contributed by atoms with Gasteiger partial charge in [-0.05, 0) is 49.5 Å². The number of benzene rings is 1. The van der Waals surface area contributed by atoms with Gasteiger partial charge in [0.2, 0.25) is 0 Å². The fraction of sp³-hybridized carbons (Fsp3) is 0.125. The van der Waals surface area contributed by atoms with Crippen LogP contribution >= 0.6 is 23.8 Å². The summed E-state index contributed by atoms with van der Waals surface area (Å²) >= 11 is 11.1. The monoisotopic (exact) mass is 374 g/mol. The number of aromatic nitrogens is 3. The number of halogens is 1. The molecule has 0 aliphatic heterocycles. The summed E-state index contributed by atoms with van der Waals surface area (Å²) in [6, 6.07) is 8.39. The lowest BCUT2D eigenvalue weighted by atomic mass is 10.3. The standard InChI is InChI=1S/C16H15ClN6OS/c1-2-18-16(25)23-13-6-4-11-15(21-13)22-14(8-19-11)20-9-3-5-12(24)10(17)7-9/h3-8,24H,2H2,1H3,(H3,18,20,21,22,23,25). The van der Waals surface area contributed by atoms with Gasteiger partial charge >= 0.3 is 0 Å². The fourth-order valence-corrected chi connectivity index (χ4v) is 2.51. The van der Waals surface area contributed by atoms with Crippen LogP contribution in [0.15, 0.2) is 36.5 Å². The average molecular weight is 375 g/mol. The first-order chi connectivity index (χ1) is 12.0. The number of nitrogens with zero attached hydrogens (tertiary/aromatic N) is 3. The maximum absolute atomic E-state index is 9.47. The number of rotatable bonds is 4. The molecule has 0 bridgehead atoms. The Bertz CT molecular complexity index is 936. The Morgan fingerprint density at radius 2 is 2.00 bits per heavy atom. The van der Waals surface area contributed by atoms with Crippen molar-refractivity contribution in [2.45, 2.75) is 6.92 Å². The number of phenolic OH excluding ortho intramolecular Hbond substituents is 1. The second-order valence-electron chi connectivity index (χ2n) is 5.07. The lowest BCUT2D eigenvalue weighted by molar-refractivity contribution is 0.475. The van der Waals surface area contributed by atoms with Crippen molar-refractivity contribution in [1.29, 1.82) is 0 Å². The fourth-order valence-electron chi connectivity index (χ4n) is 2.08. The van der Waals surface area contributed by atoms with E-state index in [4.69, 9.17) is 23.8 Å². The van der Waals surface area contributed by atoms with Crippen LogP contribution in [0.5, 0.6) is 5.75 Å². The van der Waals surface area contributed by atoms with Gasteiger partial charge in [-0.1, -0.05) is 11.6 Å². The largest absolute Gasteiger partial charge is 0.506 e. The molecule has 7 nitrogen and oxygen atoms in total. The highest BCUT2D eigenvalue weighted by atomic mass is 35.5. The highest BCUT2D eigenvalue weighted by Crippen LogP contribution is 2.27. The van der Waals surface area contributed by atoms with Crippen molar-refractivity contribution in [2.24, 2.45) is 0 Å². The molecule has 0 fully saturated rings. The van der Waals surface area contributed by atoms with Crippen LogP contribution in [0.25, 0.3) is 11.2 Å². The topological polar surface area (TPSA) is 95.0 Å². The summed E-state index contributed by atoms with van der Waals surface area (Å²) in [5.41, 5.74) is 1.81. The van der Waals surface area contributed by atoms with Crippen molar-refractivity contribution < 1.29 is 5.11 Å². The Labute approximate surface area is 154 Å². The minimum atomic E-state index is 0.0193. The number of pyridine rings is 1. The number of aromatic hydroxyl groups is 1. The van der Waals surface area contributed by atoms with Crippen LogP contribution in [0, 0.1) is 0 Å². The summed E-state index contributed by atoms with van der Waals surface area (Å²) in [5, 5.41) is 19.3. The van der Waals surface area contributed by atoms with Gasteiger partial charge in [-0.15, -0.1) is 0 Å². The van der Waals surface area contributed by atoms with Gasteiger partial charge in [0, 0.05) is 12.2 Å². The third-order valence-electron chi connectivity index (χ3n) is 3.21. The van der Waals surface area contributed by atoms with E-state index in [9.17, 15) is 5.11 Å². The van der Waals surface area contributed by atoms with Crippen molar-refractivity contribution in [3.8, 4) is 5.75 Å². The smallest absolute Gasteiger partial charge is 0.182 e. The molecule has 3 rings (SSSR count). The van der Waals surface area contributed by atoms with Gasteiger partial charge in [0.25, 0.3) is 0 Å². The first-order valence-corrected chi connectivity index (χ1v) is 8.28. The molecule has 0 radical (unpaired) electrons. The Hall–Kier alpha value is -2.71. The summed E-state index contributed by atoms with van der Waals surface area (Å²) in [6.07, 6.45) is 1.60. The highest BCUT2D eigenvalue weighted by Gasteiger charge is 2.06. The number of hydrogen-bond acceptors (Lipinski definition) is 6. The molecule has 1 aromatic carbocycles. The third-order valence-corrected chi connectivity index (χ3v) is 3.75. The molecule has 2 aromatic heterocycles. The van der Waals surface area contributed by atoms with Gasteiger partial charge in [0.05, 0.1) is 11.2 Å². The van der Waals surface area contributed by atoms with Gasteiger partial charge in [0.1, 0.15) is 17.1 Å². The minimum absolute atomic E-state index is 0.0193. The van der Waals surface area contributed by atoms with E-state index < -0.39 is 0 Å². The van der Waals surface area contributed by atoms with Crippen LogP contribution in [0.1, 0.15) is 6.92 Å². The van der Waals surface area contributed by atoms with Crippen LogP contribution < -0.4 is 16.0 Å². The zero-order chi connectivity index (χ0) is 17.8. The molecule has 0 aliphatic rings. The SMILES string of the molecule is CCNC(=S)Nc1ccc2ncc(Nc3ccc(O)c(Cl)c3)nc2n1. The number of phenols is 1. The van der Waals surface area contributed by atoms with E-state index in [0.29, 0.717) is 33.6 Å². The van der Waals surface area contributed by atoms with Crippen LogP contribution in [-0.2, 0) is 0 Å². The van der Waals surface area contributed by atoms with E-state index in [2.05, 4.69) is 30.9 Å². The van der Waals surface area contributed by atoms with Crippen molar-refractivity contribution >= 4 is 57.4 Å². The Balaban J connectivity index is 1.84. The quantitative estimate of drug-likeness (QED) is 0.407. The molecular weight excluding hydrogens is 360 g/mol. The predicted octanol–water partition coefficient (Wildman–Crippen LogP) is 3.43. The van der Waals surface area contributed by atoms with Crippen LogP contribution in [0.4, 0.5) is 17.3 Å². The van der Waals surface area contributed by atoms with E-state index >= 15 is 0 Å². The average Bonchev–Trinajstić information content (AvgIpc) is 2.58. The summed E-state index contributed by atoms with van der Waals surface area (Å²) < 4.78 is 0. The Morgan fingerprint density at radius 3 is 2.76 bits per heavy atom. The molecule has 4 N–H and O–H groups in total. The first kappa shape index (κ1) is 17.1. The number of fused-ring (bicyclic) bond motifs is 1. The van der Waals surface area contributed by atoms with Crippen LogP contribution in [0.3, 0.4) is 0 Å². The number of hydrogen-bond donors (Lipinski definition) is 4. The van der Waals surface area contributed by atoms with Gasteiger partial charge in [0.15, 0.2) is 16.6 Å². The molecule has 2 heterocycles. The molecule has 0 spiro atoms. The molecule has 25 heavy (non-hydrogen) atoms. The minimum Gasteiger partial charge on any atom is -0.506 e. The van der Waals surface area contributed by atoms with E-state index in [-0.39, 0.29) is 10.8 Å². The number of thiocarbonyl (C=S) groups is 1. The molecule has 0 amide bonds. The second-order valence-corrected chi connectivity index (χ2v) is 5.89. The molecular formula is C16H15ClN6OS. The molecule has 9 heteroatoms. The maximum Gasteiger partial charge on any atom is 0.182 e. The summed E-state index contributed by atoms with van der Waals surface area (Å²) in [5.74, 6) is 1.11. The number of nitrogens with one attached hydrogen (secondary N) is 3. The Morgan fingerprint density at radius 1 is 1.20 bits per heavy atom. The third kappa shape index (κ3) is 4.23. The molecule has 0 aliphatic carbocycles. The normalized spacial score (nSPS) is 10.5. The zero-order valence-electron chi connectivity index (χ0n) is 13.2. The Kier molecular flexibility index (Phi) is 5.11. The second kappa shape index (κ2) is 7.45. The maximum atomic E-state index is 9.47. The van der Waals surface area contributed by atoms with Crippen molar-refractivity contribution in [2.75, 3.05) is 17.2 Å². The molecule has 0 saturated heterocycles. The van der Waals surface area contributed by atoms with Gasteiger partial charge < -0.3 is 21.1 Å². The van der Waals surface area contributed by atoms with E-state index in [1.54, 1.807) is 24.4 Å². The first-order valence-electron chi connectivity index (χ1n) is 7.49. The van der Waals surface area contributed by atoms with E-state index in [0.717, 1.165) is 6.54 Å². The number of anilines is 3. The van der Waals surface area contributed by atoms with Gasteiger partial charge in [-0.25, -0.2) is 15.0 Å². The molecule has 3 aromatic rings. The van der Waals surface area contributed by atoms with E-state index in [1.165, 1.54) is 6.07 Å². The van der Waals surface area contributed by atoms with Crippen molar-refractivity contribution in [3.05, 3.63) is 41.6 Å². The molecule has 0 saturated carbocycles. The predicted molar refractivity (Wildman–Crippen MR) is 104 cm³/mol. The highest BCUT2D eigenvalue weighted by molar-refractivity contribution is 7.80.